The zero-order chi connectivity index (χ0) is 15.2. The molecule has 0 radical (unpaired) electrons. The number of aliphatic hydroxyl groups is 1. The number of ether oxygens (including phenoxy) is 1. The van der Waals surface area contributed by atoms with Crippen molar-refractivity contribution >= 4 is 0 Å². The molecule has 0 saturated heterocycles. The van der Waals surface area contributed by atoms with Crippen LogP contribution in [-0.2, 0) is 6.54 Å². The Labute approximate surface area is 123 Å². The van der Waals surface area contributed by atoms with E-state index in [0.29, 0.717) is 18.8 Å². The third-order valence-corrected chi connectivity index (χ3v) is 3.26. The van der Waals surface area contributed by atoms with Crippen molar-refractivity contribution in [2.24, 2.45) is 0 Å². The van der Waals surface area contributed by atoms with Crippen molar-refractivity contribution in [3.05, 3.63) is 41.6 Å². The Morgan fingerprint density at radius 3 is 2.86 bits per heavy atom. The molecule has 6 heteroatoms. The maximum Gasteiger partial charge on any atom is 0.272 e. The van der Waals surface area contributed by atoms with E-state index in [1.54, 1.807) is 6.07 Å². The number of halogens is 2. The normalized spacial score (nSPS) is 15.2. The fourth-order valence-corrected chi connectivity index (χ4v) is 2.30. The first-order valence-corrected chi connectivity index (χ1v) is 6.89. The molecule has 0 spiro atoms. The molecule has 1 aromatic rings. The SMILES string of the molecule is Cc1cc(CN2CC=CN2CCO)ccc1OCC(F)F. The van der Waals surface area contributed by atoms with Gasteiger partial charge < -0.3 is 14.9 Å². The third-order valence-electron chi connectivity index (χ3n) is 3.26. The van der Waals surface area contributed by atoms with Crippen molar-refractivity contribution in [1.82, 2.24) is 10.0 Å². The van der Waals surface area contributed by atoms with Gasteiger partial charge in [0, 0.05) is 19.3 Å². The van der Waals surface area contributed by atoms with E-state index >= 15 is 0 Å². The molecule has 0 unspecified atom stereocenters. The summed E-state index contributed by atoms with van der Waals surface area (Å²) in [4.78, 5) is 0. The zero-order valence-electron chi connectivity index (χ0n) is 12.0. The highest BCUT2D eigenvalue weighted by molar-refractivity contribution is 5.36. The van der Waals surface area contributed by atoms with Crippen LogP contribution in [0.4, 0.5) is 8.78 Å². The van der Waals surface area contributed by atoms with Crippen LogP contribution < -0.4 is 4.74 Å². The Hall–Kier alpha value is -1.66. The second-order valence-corrected chi connectivity index (χ2v) is 4.92. The number of alkyl halides is 2. The number of benzene rings is 1. The molecule has 4 nitrogen and oxygen atoms in total. The summed E-state index contributed by atoms with van der Waals surface area (Å²) in [5.74, 6) is 0.491. The molecular formula is C15H20F2N2O2. The first kappa shape index (κ1) is 15.7. The summed E-state index contributed by atoms with van der Waals surface area (Å²) in [7, 11) is 0. The minimum atomic E-state index is -2.47. The molecule has 2 rings (SSSR count). The second kappa shape index (κ2) is 7.38. The molecule has 1 N–H and O–H groups in total. The summed E-state index contributed by atoms with van der Waals surface area (Å²) in [6.07, 6.45) is 1.51. The van der Waals surface area contributed by atoms with E-state index < -0.39 is 13.0 Å². The van der Waals surface area contributed by atoms with Crippen molar-refractivity contribution < 1.29 is 18.6 Å². The highest BCUT2D eigenvalue weighted by atomic mass is 19.3. The zero-order valence-corrected chi connectivity index (χ0v) is 12.0. The van der Waals surface area contributed by atoms with E-state index in [1.165, 1.54) is 0 Å². The van der Waals surface area contributed by atoms with Gasteiger partial charge in [0.1, 0.15) is 12.4 Å². The largest absolute Gasteiger partial charge is 0.487 e. The Bertz CT molecular complexity index is 495. The minimum absolute atomic E-state index is 0.0975. The summed E-state index contributed by atoms with van der Waals surface area (Å²) < 4.78 is 29.4. The summed E-state index contributed by atoms with van der Waals surface area (Å²) >= 11 is 0. The van der Waals surface area contributed by atoms with Crippen LogP contribution in [0, 0.1) is 6.92 Å². The molecule has 0 bridgehead atoms. The van der Waals surface area contributed by atoms with E-state index in [4.69, 9.17) is 9.84 Å². The van der Waals surface area contributed by atoms with E-state index in [1.807, 2.05) is 36.3 Å². The van der Waals surface area contributed by atoms with Gasteiger partial charge in [-0.25, -0.2) is 13.8 Å². The maximum atomic E-state index is 12.2. The van der Waals surface area contributed by atoms with Gasteiger partial charge in [-0.05, 0) is 24.1 Å². The van der Waals surface area contributed by atoms with E-state index in [2.05, 4.69) is 5.01 Å². The lowest BCUT2D eigenvalue weighted by Crippen LogP contribution is -2.36. The van der Waals surface area contributed by atoms with Crippen LogP contribution >= 0.6 is 0 Å². The fourth-order valence-electron chi connectivity index (χ4n) is 2.30. The van der Waals surface area contributed by atoms with Crippen molar-refractivity contribution in [3.63, 3.8) is 0 Å². The predicted octanol–water partition coefficient (Wildman–Crippen LogP) is 2.18. The Morgan fingerprint density at radius 2 is 2.19 bits per heavy atom. The molecule has 0 atom stereocenters. The molecule has 21 heavy (non-hydrogen) atoms. The van der Waals surface area contributed by atoms with Gasteiger partial charge in [0.15, 0.2) is 0 Å². The number of rotatable bonds is 7. The molecule has 1 heterocycles. The monoisotopic (exact) mass is 298 g/mol. The van der Waals surface area contributed by atoms with Crippen molar-refractivity contribution in [3.8, 4) is 5.75 Å². The standard InChI is InChI=1S/C15H20F2N2O2/c1-12-9-13(3-4-14(12)21-11-15(16)17)10-19-6-2-5-18(19)7-8-20/h2-5,9,15,20H,6-8,10-11H2,1H3. The molecule has 0 saturated carbocycles. The van der Waals surface area contributed by atoms with Crippen molar-refractivity contribution in [2.45, 2.75) is 19.9 Å². The molecule has 1 aliphatic heterocycles. The van der Waals surface area contributed by atoms with Gasteiger partial charge in [0.05, 0.1) is 13.2 Å². The summed E-state index contributed by atoms with van der Waals surface area (Å²) in [6.45, 7) is 3.41. The molecule has 116 valence electrons. The van der Waals surface area contributed by atoms with Gasteiger partial charge in [0.2, 0.25) is 0 Å². The lowest BCUT2D eigenvalue weighted by atomic mass is 10.1. The van der Waals surface area contributed by atoms with Crippen LogP contribution in [0.1, 0.15) is 11.1 Å². The summed E-state index contributed by atoms with van der Waals surface area (Å²) in [5.41, 5.74) is 1.91. The lowest BCUT2D eigenvalue weighted by molar-refractivity contribution is 0.0285. The van der Waals surface area contributed by atoms with E-state index in [0.717, 1.165) is 17.7 Å². The number of nitrogens with zero attached hydrogens (tertiary/aromatic N) is 2. The predicted molar refractivity (Wildman–Crippen MR) is 76.0 cm³/mol. The number of β-amino-alcohol motifs (C(OH)–C–C–N with tert-alkyl or cyclic N) is 1. The van der Waals surface area contributed by atoms with Crippen LogP contribution in [0.3, 0.4) is 0 Å². The molecule has 0 aliphatic carbocycles. The van der Waals surface area contributed by atoms with Crippen LogP contribution in [0.5, 0.6) is 5.75 Å². The number of hydrazine groups is 1. The highest BCUT2D eigenvalue weighted by Gasteiger charge is 2.16. The van der Waals surface area contributed by atoms with Crippen LogP contribution in [0.15, 0.2) is 30.5 Å². The summed E-state index contributed by atoms with van der Waals surface area (Å²) in [5, 5.41) is 13.1. The van der Waals surface area contributed by atoms with E-state index in [9.17, 15) is 8.78 Å². The van der Waals surface area contributed by atoms with Gasteiger partial charge in [-0.2, -0.15) is 0 Å². The topological polar surface area (TPSA) is 35.9 Å². The van der Waals surface area contributed by atoms with Gasteiger partial charge in [0.25, 0.3) is 6.43 Å². The Morgan fingerprint density at radius 1 is 1.38 bits per heavy atom. The van der Waals surface area contributed by atoms with Gasteiger partial charge in [-0.15, -0.1) is 0 Å². The first-order valence-electron chi connectivity index (χ1n) is 6.89. The lowest BCUT2D eigenvalue weighted by Gasteiger charge is -2.28. The maximum absolute atomic E-state index is 12.2. The second-order valence-electron chi connectivity index (χ2n) is 4.92. The number of aryl methyl sites for hydroxylation is 1. The van der Waals surface area contributed by atoms with Crippen LogP contribution in [-0.4, -0.2) is 47.9 Å². The van der Waals surface area contributed by atoms with Gasteiger partial charge in [-0.3, -0.25) is 0 Å². The third kappa shape index (κ3) is 4.41. The molecular weight excluding hydrogens is 278 g/mol. The van der Waals surface area contributed by atoms with E-state index in [-0.39, 0.29) is 6.61 Å². The Kier molecular flexibility index (Phi) is 5.52. The average molecular weight is 298 g/mol. The van der Waals surface area contributed by atoms with Gasteiger partial charge in [-0.1, -0.05) is 18.2 Å². The van der Waals surface area contributed by atoms with Crippen LogP contribution in [0.2, 0.25) is 0 Å². The molecule has 1 aliphatic rings. The van der Waals surface area contributed by atoms with Gasteiger partial charge >= 0.3 is 0 Å². The molecule has 1 aromatic carbocycles. The molecule has 0 aromatic heterocycles. The van der Waals surface area contributed by atoms with Crippen LogP contribution in [0.25, 0.3) is 0 Å². The quantitative estimate of drug-likeness (QED) is 0.837. The average Bonchev–Trinajstić information content (AvgIpc) is 2.85. The Balaban J connectivity index is 1.97. The minimum Gasteiger partial charge on any atom is -0.487 e. The molecule has 0 amide bonds. The number of aliphatic hydroxyl groups excluding tert-OH is 1. The van der Waals surface area contributed by atoms with Crippen molar-refractivity contribution in [1.29, 1.82) is 0 Å². The van der Waals surface area contributed by atoms with Crippen molar-refractivity contribution in [2.75, 3.05) is 26.3 Å². The molecule has 0 fully saturated rings. The fraction of sp³-hybridized carbons (Fsp3) is 0.467. The first-order chi connectivity index (χ1) is 10.1. The smallest absolute Gasteiger partial charge is 0.272 e. The summed E-state index contributed by atoms with van der Waals surface area (Å²) in [6, 6.07) is 5.55. The highest BCUT2D eigenvalue weighted by Crippen LogP contribution is 2.21. The number of hydrogen-bond acceptors (Lipinski definition) is 4. The number of hydrogen-bond donors (Lipinski definition) is 1.